The van der Waals surface area contributed by atoms with Gasteiger partial charge in [0.2, 0.25) is 6.79 Å². The van der Waals surface area contributed by atoms with Crippen LogP contribution >= 0.6 is 0 Å². The molecule has 180 valence electrons. The molecule has 1 amide bonds. The Morgan fingerprint density at radius 1 is 1.21 bits per heavy atom. The number of amides is 1. The summed E-state index contributed by atoms with van der Waals surface area (Å²) in [7, 11) is 0. The summed E-state index contributed by atoms with van der Waals surface area (Å²) < 4.78 is 36.6. The van der Waals surface area contributed by atoms with E-state index in [9.17, 15) is 9.18 Å². The van der Waals surface area contributed by atoms with Gasteiger partial charge in [0.25, 0.3) is 0 Å². The van der Waals surface area contributed by atoms with Gasteiger partial charge in [0.05, 0.1) is 19.1 Å². The minimum atomic E-state index is -0.588. The molecule has 0 N–H and O–H groups in total. The maximum atomic E-state index is 14.2. The van der Waals surface area contributed by atoms with Gasteiger partial charge in [-0.05, 0) is 56.9 Å². The standard InChI is InChI=1S/C26H29FN2O5/c1-26(2,3)34-25(30)29-11-9-21(17-4-6-22(27)18(12-17)8-10-28)19(14-29)15-31-20-5-7-23-24(13-20)33-16-32-23/h4-7,12-13,19,21H,8-9,11,14-16H2,1-3H3/t19-,21+/m1/s1. The Bertz CT molecular complexity index is 1090. The van der Waals surface area contributed by atoms with Crippen LogP contribution in [0.5, 0.6) is 17.2 Å². The average Bonchev–Trinajstić information content (AvgIpc) is 3.26. The van der Waals surface area contributed by atoms with E-state index in [1.54, 1.807) is 29.2 Å². The first kappa shape index (κ1) is 23.7. The molecule has 0 bridgehead atoms. The lowest BCUT2D eigenvalue weighted by Crippen LogP contribution is -2.46. The molecule has 0 saturated carbocycles. The number of hydrogen-bond donors (Lipinski definition) is 0. The molecule has 0 aromatic heterocycles. The van der Waals surface area contributed by atoms with Crippen LogP contribution < -0.4 is 14.2 Å². The number of carbonyl (C=O) groups is 1. The van der Waals surface area contributed by atoms with Gasteiger partial charge >= 0.3 is 6.09 Å². The predicted octanol–water partition coefficient (Wildman–Crippen LogP) is 5.04. The van der Waals surface area contributed by atoms with Crippen molar-refractivity contribution in [2.24, 2.45) is 5.92 Å². The fourth-order valence-electron chi connectivity index (χ4n) is 4.35. The molecule has 2 heterocycles. The van der Waals surface area contributed by atoms with Crippen LogP contribution in [0, 0.1) is 23.1 Å². The number of carbonyl (C=O) groups excluding carboxylic acids is 1. The Morgan fingerprint density at radius 2 is 2.00 bits per heavy atom. The second-order valence-electron chi connectivity index (χ2n) is 9.59. The number of rotatable bonds is 5. The van der Waals surface area contributed by atoms with E-state index in [2.05, 4.69) is 0 Å². The zero-order valence-corrected chi connectivity index (χ0v) is 19.7. The van der Waals surface area contributed by atoms with E-state index in [0.717, 1.165) is 5.56 Å². The molecular formula is C26H29FN2O5. The average molecular weight is 469 g/mol. The van der Waals surface area contributed by atoms with E-state index in [4.69, 9.17) is 24.2 Å². The number of ether oxygens (including phenoxy) is 4. The second kappa shape index (κ2) is 9.80. The van der Waals surface area contributed by atoms with Crippen molar-refractivity contribution < 1.29 is 28.1 Å². The van der Waals surface area contributed by atoms with Crippen molar-refractivity contribution in [1.82, 2.24) is 4.90 Å². The van der Waals surface area contributed by atoms with Crippen LogP contribution in [0.2, 0.25) is 0 Å². The van der Waals surface area contributed by atoms with E-state index in [-0.39, 0.29) is 37.0 Å². The maximum absolute atomic E-state index is 14.2. The Balaban J connectivity index is 1.54. The van der Waals surface area contributed by atoms with Gasteiger partial charge in [-0.2, -0.15) is 5.26 Å². The molecular weight excluding hydrogens is 439 g/mol. The SMILES string of the molecule is CC(C)(C)OC(=O)N1CC[C@@H](c2ccc(F)c(CC#N)c2)[C@@H](COc2ccc3c(c2)OCO3)C1. The van der Waals surface area contributed by atoms with E-state index >= 15 is 0 Å². The molecule has 2 atom stereocenters. The van der Waals surface area contributed by atoms with Crippen LogP contribution in [0.25, 0.3) is 0 Å². The topological polar surface area (TPSA) is 81.0 Å². The van der Waals surface area contributed by atoms with Crippen LogP contribution in [0.3, 0.4) is 0 Å². The smallest absolute Gasteiger partial charge is 0.410 e. The third-order valence-electron chi connectivity index (χ3n) is 5.96. The minimum Gasteiger partial charge on any atom is -0.493 e. The van der Waals surface area contributed by atoms with Crippen LogP contribution in [-0.2, 0) is 11.2 Å². The monoisotopic (exact) mass is 468 g/mol. The molecule has 34 heavy (non-hydrogen) atoms. The lowest BCUT2D eigenvalue weighted by atomic mass is 9.80. The fourth-order valence-corrected chi connectivity index (χ4v) is 4.35. The molecule has 0 spiro atoms. The molecule has 0 unspecified atom stereocenters. The Kier molecular flexibility index (Phi) is 6.82. The number of benzene rings is 2. The van der Waals surface area contributed by atoms with E-state index < -0.39 is 5.60 Å². The molecule has 0 aliphatic carbocycles. The van der Waals surface area contributed by atoms with E-state index in [1.165, 1.54) is 6.07 Å². The summed E-state index contributed by atoms with van der Waals surface area (Å²) in [5.41, 5.74) is 0.732. The van der Waals surface area contributed by atoms with Crippen LogP contribution in [0.1, 0.15) is 44.2 Å². The summed E-state index contributed by atoms with van der Waals surface area (Å²) >= 11 is 0. The number of hydrogen-bond acceptors (Lipinski definition) is 6. The number of fused-ring (bicyclic) bond motifs is 1. The lowest BCUT2D eigenvalue weighted by molar-refractivity contribution is 0.0111. The van der Waals surface area contributed by atoms with Crippen molar-refractivity contribution in [3.63, 3.8) is 0 Å². The van der Waals surface area contributed by atoms with Gasteiger partial charge in [0, 0.05) is 30.6 Å². The third-order valence-corrected chi connectivity index (χ3v) is 5.96. The van der Waals surface area contributed by atoms with Crippen molar-refractivity contribution in [2.75, 3.05) is 26.5 Å². The molecule has 1 saturated heterocycles. The number of piperidine rings is 1. The summed E-state index contributed by atoms with van der Waals surface area (Å²) in [6.07, 6.45) is 0.323. The van der Waals surface area contributed by atoms with Gasteiger partial charge in [0.1, 0.15) is 17.2 Å². The summed E-state index contributed by atoms with van der Waals surface area (Å²) in [6, 6.07) is 12.4. The normalized spacial score (nSPS) is 19.4. The molecule has 4 rings (SSSR count). The maximum Gasteiger partial charge on any atom is 0.410 e. The molecule has 2 aromatic rings. The lowest BCUT2D eigenvalue weighted by Gasteiger charge is -2.39. The van der Waals surface area contributed by atoms with Gasteiger partial charge < -0.3 is 23.8 Å². The van der Waals surface area contributed by atoms with E-state index in [1.807, 2.05) is 32.9 Å². The molecule has 2 aliphatic heterocycles. The molecule has 7 nitrogen and oxygen atoms in total. The van der Waals surface area contributed by atoms with Crippen molar-refractivity contribution in [3.8, 4) is 23.3 Å². The van der Waals surface area contributed by atoms with Crippen molar-refractivity contribution >= 4 is 6.09 Å². The van der Waals surface area contributed by atoms with Gasteiger partial charge in [-0.25, -0.2) is 9.18 Å². The van der Waals surface area contributed by atoms with Crippen molar-refractivity contribution in [3.05, 3.63) is 53.3 Å². The molecule has 8 heteroatoms. The van der Waals surface area contributed by atoms with Gasteiger partial charge in [-0.15, -0.1) is 0 Å². The third kappa shape index (κ3) is 5.53. The van der Waals surface area contributed by atoms with Crippen LogP contribution in [-0.4, -0.2) is 43.1 Å². The highest BCUT2D eigenvalue weighted by atomic mass is 19.1. The Labute approximate surface area is 199 Å². The molecule has 0 radical (unpaired) electrons. The highest BCUT2D eigenvalue weighted by Gasteiger charge is 2.35. The zero-order valence-electron chi connectivity index (χ0n) is 19.7. The van der Waals surface area contributed by atoms with Gasteiger partial charge in [-0.1, -0.05) is 12.1 Å². The molecule has 2 aliphatic rings. The summed E-state index contributed by atoms with van der Waals surface area (Å²) in [6.45, 7) is 7.01. The van der Waals surface area contributed by atoms with Crippen molar-refractivity contribution in [1.29, 1.82) is 5.26 Å². The first-order chi connectivity index (χ1) is 16.2. The number of nitriles is 1. The van der Waals surface area contributed by atoms with Crippen molar-refractivity contribution in [2.45, 2.75) is 45.1 Å². The highest BCUT2D eigenvalue weighted by Crippen LogP contribution is 2.37. The number of likely N-dealkylation sites (tertiary alicyclic amines) is 1. The summed E-state index contributed by atoms with van der Waals surface area (Å²) in [5.74, 6) is 1.53. The van der Waals surface area contributed by atoms with Crippen LogP contribution in [0.15, 0.2) is 36.4 Å². The fraction of sp³-hybridized carbons (Fsp3) is 0.462. The number of halogens is 1. The first-order valence-corrected chi connectivity index (χ1v) is 11.4. The first-order valence-electron chi connectivity index (χ1n) is 11.4. The second-order valence-corrected chi connectivity index (χ2v) is 9.59. The number of nitrogens with zero attached hydrogens (tertiary/aromatic N) is 2. The Morgan fingerprint density at radius 3 is 2.76 bits per heavy atom. The highest BCUT2D eigenvalue weighted by molar-refractivity contribution is 5.68. The molecule has 2 aromatic carbocycles. The molecule has 1 fully saturated rings. The minimum absolute atomic E-state index is 0.00872. The predicted molar refractivity (Wildman–Crippen MR) is 122 cm³/mol. The zero-order chi connectivity index (χ0) is 24.3. The Hall–Kier alpha value is -3.47. The summed E-state index contributed by atoms with van der Waals surface area (Å²) in [4.78, 5) is 14.4. The van der Waals surface area contributed by atoms with E-state index in [0.29, 0.717) is 48.9 Å². The largest absolute Gasteiger partial charge is 0.493 e. The van der Waals surface area contributed by atoms with Crippen LogP contribution in [0.4, 0.5) is 9.18 Å². The van der Waals surface area contributed by atoms with Gasteiger partial charge in [-0.3, -0.25) is 0 Å². The summed E-state index contributed by atoms with van der Waals surface area (Å²) in [5, 5.41) is 9.05. The van der Waals surface area contributed by atoms with Gasteiger partial charge in [0.15, 0.2) is 11.5 Å². The quantitative estimate of drug-likeness (QED) is 0.612.